The van der Waals surface area contributed by atoms with E-state index in [0.29, 0.717) is 37.0 Å². The summed E-state index contributed by atoms with van der Waals surface area (Å²) < 4.78 is 26.8. The van der Waals surface area contributed by atoms with E-state index in [2.05, 4.69) is 5.32 Å². The number of hydrogen-bond acceptors (Lipinski definition) is 4. The van der Waals surface area contributed by atoms with E-state index >= 15 is 0 Å². The molecule has 1 aliphatic rings. The third-order valence-electron chi connectivity index (χ3n) is 5.73. The van der Waals surface area contributed by atoms with Crippen LogP contribution in [0.15, 0.2) is 35.2 Å². The minimum atomic E-state index is -3.42. The van der Waals surface area contributed by atoms with Gasteiger partial charge in [0.2, 0.25) is 15.9 Å². The molecule has 6 nitrogen and oxygen atoms in total. The fourth-order valence-electron chi connectivity index (χ4n) is 3.47. The van der Waals surface area contributed by atoms with Crippen molar-refractivity contribution in [3.8, 4) is 0 Å². The van der Waals surface area contributed by atoms with Gasteiger partial charge in [-0.2, -0.15) is 4.31 Å². The molecule has 1 aliphatic heterocycles. The zero-order valence-electron chi connectivity index (χ0n) is 15.8. The number of benzene rings is 1. The Hall–Kier alpha value is -1.44. The predicted molar refractivity (Wildman–Crippen MR) is 103 cm³/mol. The summed E-state index contributed by atoms with van der Waals surface area (Å²) >= 11 is 0. The summed E-state index contributed by atoms with van der Waals surface area (Å²) in [5, 5.41) is 3.04. The molecular weight excluding hydrogens is 350 g/mol. The number of hydrogen-bond donors (Lipinski definition) is 2. The van der Waals surface area contributed by atoms with Crippen molar-refractivity contribution in [3.63, 3.8) is 0 Å². The van der Waals surface area contributed by atoms with Crippen molar-refractivity contribution in [3.05, 3.63) is 30.3 Å². The fourth-order valence-corrected chi connectivity index (χ4v) is 4.96. The van der Waals surface area contributed by atoms with Gasteiger partial charge in [0.05, 0.1) is 10.3 Å². The molecule has 0 unspecified atom stereocenters. The maximum Gasteiger partial charge on any atom is 0.243 e. The highest BCUT2D eigenvalue weighted by Crippen LogP contribution is 2.26. The highest BCUT2D eigenvalue weighted by molar-refractivity contribution is 7.89. The molecule has 1 fully saturated rings. The van der Waals surface area contributed by atoms with Crippen LogP contribution in [0, 0.1) is 11.3 Å². The third-order valence-corrected chi connectivity index (χ3v) is 7.64. The van der Waals surface area contributed by atoms with Gasteiger partial charge in [-0.3, -0.25) is 4.79 Å². The lowest BCUT2D eigenvalue weighted by molar-refractivity contribution is -0.131. The highest BCUT2D eigenvalue weighted by atomic mass is 32.2. The smallest absolute Gasteiger partial charge is 0.243 e. The Bertz CT molecular complexity index is 671. The van der Waals surface area contributed by atoms with E-state index in [9.17, 15) is 13.2 Å². The number of piperidine rings is 1. The van der Waals surface area contributed by atoms with Gasteiger partial charge in [-0.15, -0.1) is 0 Å². The number of carbonyl (C=O) groups is 1. The van der Waals surface area contributed by atoms with Crippen molar-refractivity contribution in [2.75, 3.05) is 26.2 Å². The van der Waals surface area contributed by atoms with Crippen molar-refractivity contribution >= 4 is 15.9 Å². The molecule has 26 heavy (non-hydrogen) atoms. The minimum Gasteiger partial charge on any atom is -0.355 e. The molecule has 1 heterocycles. The quantitative estimate of drug-likeness (QED) is 0.720. The van der Waals surface area contributed by atoms with Crippen molar-refractivity contribution in [2.45, 2.75) is 44.4 Å². The van der Waals surface area contributed by atoms with Crippen LogP contribution in [0.2, 0.25) is 0 Å². The average molecular weight is 382 g/mol. The van der Waals surface area contributed by atoms with E-state index in [4.69, 9.17) is 5.73 Å². The maximum absolute atomic E-state index is 12.7. The first-order valence-electron chi connectivity index (χ1n) is 9.43. The Morgan fingerprint density at radius 1 is 1.19 bits per heavy atom. The Labute approximate surface area is 157 Å². The normalized spacial score (nSPS) is 17.2. The highest BCUT2D eigenvalue weighted by Gasteiger charge is 2.34. The lowest BCUT2D eigenvalue weighted by Crippen LogP contribution is -2.48. The largest absolute Gasteiger partial charge is 0.355 e. The number of nitrogens with zero attached hydrogens (tertiary/aromatic N) is 1. The SMILES string of the molecule is CCC(CC)(CN)C(=O)NCC1CCN(S(=O)(=O)c2ccccc2)CC1. The maximum atomic E-state index is 12.7. The number of nitrogens with one attached hydrogen (secondary N) is 1. The van der Waals surface area contributed by atoms with Crippen LogP contribution in [0.3, 0.4) is 0 Å². The molecule has 0 spiro atoms. The van der Waals surface area contributed by atoms with Gasteiger partial charge in [0.25, 0.3) is 0 Å². The first-order valence-corrected chi connectivity index (χ1v) is 10.9. The Morgan fingerprint density at radius 2 is 1.77 bits per heavy atom. The molecular formula is C19H31N3O3S. The van der Waals surface area contributed by atoms with Crippen LogP contribution in [0.5, 0.6) is 0 Å². The van der Waals surface area contributed by atoms with Gasteiger partial charge in [-0.25, -0.2) is 8.42 Å². The number of nitrogens with two attached hydrogens (primary N) is 1. The summed E-state index contributed by atoms with van der Waals surface area (Å²) in [6, 6.07) is 8.54. The molecule has 1 amide bonds. The second-order valence-corrected chi connectivity index (χ2v) is 9.00. The van der Waals surface area contributed by atoms with Crippen LogP contribution in [0.4, 0.5) is 0 Å². The van der Waals surface area contributed by atoms with Gasteiger partial charge in [0, 0.05) is 26.2 Å². The van der Waals surface area contributed by atoms with Gasteiger partial charge in [0.1, 0.15) is 0 Å². The number of rotatable bonds is 8. The van der Waals surface area contributed by atoms with Crippen molar-refractivity contribution in [2.24, 2.45) is 17.1 Å². The molecule has 0 bridgehead atoms. The summed E-state index contributed by atoms with van der Waals surface area (Å²) in [6.07, 6.45) is 2.94. The molecule has 2 rings (SSSR count). The summed E-state index contributed by atoms with van der Waals surface area (Å²) in [6.45, 7) is 5.88. The first-order chi connectivity index (χ1) is 12.4. The van der Waals surface area contributed by atoms with Crippen LogP contribution in [0.1, 0.15) is 39.5 Å². The first kappa shape index (κ1) is 20.9. The van der Waals surface area contributed by atoms with Crippen molar-refractivity contribution in [1.29, 1.82) is 0 Å². The van der Waals surface area contributed by atoms with Gasteiger partial charge < -0.3 is 11.1 Å². The molecule has 1 aromatic rings. The molecule has 0 radical (unpaired) electrons. The van der Waals surface area contributed by atoms with Gasteiger partial charge in [0.15, 0.2) is 0 Å². The molecule has 0 saturated carbocycles. The zero-order chi connectivity index (χ0) is 19.2. The van der Waals surface area contributed by atoms with Crippen LogP contribution in [-0.2, 0) is 14.8 Å². The molecule has 0 aliphatic carbocycles. The van der Waals surface area contributed by atoms with Crippen LogP contribution >= 0.6 is 0 Å². The molecule has 1 saturated heterocycles. The summed E-state index contributed by atoms with van der Waals surface area (Å²) in [7, 11) is -3.42. The average Bonchev–Trinajstić information content (AvgIpc) is 2.69. The Balaban J connectivity index is 1.88. The topological polar surface area (TPSA) is 92.5 Å². The lowest BCUT2D eigenvalue weighted by atomic mass is 9.81. The predicted octanol–water partition coefficient (Wildman–Crippen LogP) is 1.97. The summed E-state index contributed by atoms with van der Waals surface area (Å²) in [4.78, 5) is 12.9. The van der Waals surface area contributed by atoms with Crippen LogP contribution in [-0.4, -0.2) is 44.8 Å². The molecule has 0 aromatic heterocycles. The van der Waals surface area contributed by atoms with Crippen molar-refractivity contribution < 1.29 is 13.2 Å². The Kier molecular flexibility index (Phi) is 7.20. The summed E-state index contributed by atoms with van der Waals surface area (Å²) in [5.74, 6) is 0.315. The fraction of sp³-hybridized carbons (Fsp3) is 0.632. The standard InChI is InChI=1S/C19H31N3O3S/c1-3-19(4-2,15-20)18(23)21-14-16-10-12-22(13-11-16)26(24,25)17-8-6-5-7-9-17/h5-9,16H,3-4,10-15,20H2,1-2H3,(H,21,23). The van der Waals surface area contributed by atoms with E-state index in [1.807, 2.05) is 19.9 Å². The van der Waals surface area contributed by atoms with Gasteiger partial charge in [-0.05, 0) is 43.7 Å². The minimum absolute atomic E-state index is 0.0179. The van der Waals surface area contributed by atoms with Crippen LogP contribution in [0.25, 0.3) is 0 Å². The lowest BCUT2D eigenvalue weighted by Gasteiger charge is -2.33. The van der Waals surface area contributed by atoms with E-state index in [0.717, 1.165) is 25.7 Å². The molecule has 0 atom stereocenters. The van der Waals surface area contributed by atoms with Gasteiger partial charge >= 0.3 is 0 Å². The van der Waals surface area contributed by atoms with E-state index in [-0.39, 0.29) is 5.91 Å². The molecule has 7 heteroatoms. The number of amides is 1. The van der Waals surface area contributed by atoms with Gasteiger partial charge in [-0.1, -0.05) is 32.0 Å². The molecule has 3 N–H and O–H groups in total. The third kappa shape index (κ3) is 4.45. The van der Waals surface area contributed by atoms with E-state index in [1.54, 1.807) is 28.6 Å². The Morgan fingerprint density at radius 3 is 2.27 bits per heavy atom. The van der Waals surface area contributed by atoms with Crippen LogP contribution < -0.4 is 11.1 Å². The second-order valence-electron chi connectivity index (χ2n) is 7.06. The zero-order valence-corrected chi connectivity index (χ0v) is 16.6. The summed E-state index contributed by atoms with van der Waals surface area (Å²) in [5.41, 5.74) is 5.34. The number of sulfonamides is 1. The number of carbonyl (C=O) groups excluding carboxylic acids is 1. The monoisotopic (exact) mass is 381 g/mol. The molecule has 1 aromatic carbocycles. The van der Waals surface area contributed by atoms with E-state index in [1.165, 1.54) is 0 Å². The van der Waals surface area contributed by atoms with E-state index < -0.39 is 15.4 Å². The second kappa shape index (κ2) is 8.97. The molecule has 146 valence electrons. The van der Waals surface area contributed by atoms with Crippen molar-refractivity contribution in [1.82, 2.24) is 9.62 Å².